The van der Waals surface area contributed by atoms with Crippen LogP contribution in [-0.4, -0.2) is 18.0 Å². The van der Waals surface area contributed by atoms with Crippen LogP contribution < -0.4 is 0 Å². The fourth-order valence-electron chi connectivity index (χ4n) is 1.31. The lowest BCUT2D eigenvalue weighted by Crippen LogP contribution is -2.27. The van der Waals surface area contributed by atoms with Crippen LogP contribution in [0.3, 0.4) is 0 Å². The lowest BCUT2D eigenvalue weighted by molar-refractivity contribution is 0.178. The summed E-state index contributed by atoms with van der Waals surface area (Å²) in [5.41, 5.74) is 0. The first-order valence-corrected chi connectivity index (χ1v) is 4.41. The van der Waals surface area contributed by atoms with Crippen molar-refractivity contribution < 1.29 is 4.74 Å². The molecule has 60 valence electrons. The largest absolute Gasteiger partial charge is 0.381 e. The Labute approximate surface area is 68.6 Å². The van der Waals surface area contributed by atoms with E-state index < -0.39 is 0 Å². The highest BCUT2D eigenvalue weighted by Crippen LogP contribution is 2.33. The minimum absolute atomic E-state index is 0.191. The third-order valence-corrected chi connectivity index (χ3v) is 3.21. The zero-order valence-electron chi connectivity index (χ0n) is 6.76. The van der Waals surface area contributed by atoms with E-state index >= 15 is 0 Å². The van der Waals surface area contributed by atoms with Gasteiger partial charge in [0.1, 0.15) is 0 Å². The topological polar surface area (TPSA) is 9.23 Å². The third kappa shape index (κ3) is 1.67. The zero-order valence-corrected chi connectivity index (χ0v) is 7.66. The van der Waals surface area contributed by atoms with Crippen LogP contribution in [-0.2, 0) is 4.74 Å². The molecule has 0 spiro atoms. The SMILES string of the molecule is CC[C@@](C)(S)[C@H]1CCOC1. The van der Waals surface area contributed by atoms with Gasteiger partial charge in [-0.15, -0.1) is 0 Å². The summed E-state index contributed by atoms with van der Waals surface area (Å²) < 4.78 is 5.49. The monoisotopic (exact) mass is 160 g/mol. The summed E-state index contributed by atoms with van der Waals surface area (Å²) in [6.45, 7) is 6.23. The van der Waals surface area contributed by atoms with Crippen molar-refractivity contribution >= 4 is 12.6 Å². The molecule has 0 bridgehead atoms. The molecule has 1 nitrogen and oxygen atoms in total. The molecule has 0 aromatic rings. The smallest absolute Gasteiger partial charge is 0.0508 e. The molecule has 0 aliphatic carbocycles. The predicted octanol–water partition coefficient (Wildman–Crippen LogP) is 2.12. The van der Waals surface area contributed by atoms with Crippen LogP contribution in [0.25, 0.3) is 0 Å². The molecule has 0 aromatic heterocycles. The summed E-state index contributed by atoms with van der Waals surface area (Å²) in [6, 6.07) is 0. The molecule has 2 atom stereocenters. The number of rotatable bonds is 2. The molecular weight excluding hydrogens is 144 g/mol. The van der Waals surface area contributed by atoms with Crippen LogP contribution in [0, 0.1) is 5.92 Å². The second-order valence-electron chi connectivity index (χ2n) is 3.27. The van der Waals surface area contributed by atoms with Crippen molar-refractivity contribution in [3.63, 3.8) is 0 Å². The molecule has 1 heterocycles. The second-order valence-corrected chi connectivity index (χ2v) is 4.29. The van der Waals surface area contributed by atoms with Crippen LogP contribution in [0.4, 0.5) is 0 Å². The zero-order chi connectivity index (χ0) is 7.61. The van der Waals surface area contributed by atoms with Crippen LogP contribution >= 0.6 is 12.6 Å². The number of hydrogen-bond donors (Lipinski definition) is 1. The maximum absolute atomic E-state index is 5.30. The first kappa shape index (κ1) is 8.41. The van der Waals surface area contributed by atoms with Gasteiger partial charge in [0.05, 0.1) is 6.61 Å². The van der Waals surface area contributed by atoms with Gasteiger partial charge in [-0.25, -0.2) is 0 Å². The van der Waals surface area contributed by atoms with E-state index in [1.54, 1.807) is 0 Å². The maximum atomic E-state index is 5.30. The highest BCUT2D eigenvalue weighted by molar-refractivity contribution is 7.81. The van der Waals surface area contributed by atoms with Crippen molar-refractivity contribution in [1.29, 1.82) is 0 Å². The van der Waals surface area contributed by atoms with Crippen LogP contribution in [0.1, 0.15) is 26.7 Å². The molecule has 0 unspecified atom stereocenters. The van der Waals surface area contributed by atoms with E-state index in [-0.39, 0.29) is 4.75 Å². The first-order valence-electron chi connectivity index (χ1n) is 3.97. The quantitative estimate of drug-likeness (QED) is 0.609. The Morgan fingerprint density at radius 3 is 2.80 bits per heavy atom. The summed E-state index contributed by atoms with van der Waals surface area (Å²) in [4.78, 5) is 0. The van der Waals surface area contributed by atoms with Crippen molar-refractivity contribution in [1.82, 2.24) is 0 Å². The Hall–Kier alpha value is 0.310. The summed E-state index contributed by atoms with van der Waals surface area (Å²) in [5.74, 6) is 0.667. The lowest BCUT2D eigenvalue weighted by atomic mass is 9.90. The third-order valence-electron chi connectivity index (χ3n) is 2.52. The van der Waals surface area contributed by atoms with Gasteiger partial charge in [0.2, 0.25) is 0 Å². The number of ether oxygens (including phenoxy) is 1. The lowest BCUT2D eigenvalue weighted by Gasteiger charge is -2.27. The number of thiol groups is 1. The second kappa shape index (κ2) is 3.14. The molecule has 1 aliphatic rings. The maximum Gasteiger partial charge on any atom is 0.0508 e. The molecule has 1 aliphatic heterocycles. The van der Waals surface area contributed by atoms with E-state index in [2.05, 4.69) is 26.5 Å². The Morgan fingerprint density at radius 1 is 1.70 bits per heavy atom. The molecule has 1 saturated heterocycles. The Bertz CT molecular complexity index is 106. The molecule has 1 rings (SSSR count). The Morgan fingerprint density at radius 2 is 2.40 bits per heavy atom. The summed E-state index contributed by atoms with van der Waals surface area (Å²) >= 11 is 4.60. The molecule has 0 radical (unpaired) electrons. The van der Waals surface area contributed by atoms with Gasteiger partial charge >= 0.3 is 0 Å². The van der Waals surface area contributed by atoms with Gasteiger partial charge in [0.25, 0.3) is 0 Å². The fourth-order valence-corrected chi connectivity index (χ4v) is 1.52. The van der Waals surface area contributed by atoms with Crippen molar-refractivity contribution in [2.75, 3.05) is 13.2 Å². The van der Waals surface area contributed by atoms with Crippen molar-refractivity contribution in [3.05, 3.63) is 0 Å². The summed E-state index contributed by atoms with van der Waals surface area (Å²) in [5, 5.41) is 0. The summed E-state index contributed by atoms with van der Waals surface area (Å²) in [7, 11) is 0. The normalized spacial score (nSPS) is 32.1. The van der Waals surface area contributed by atoms with Crippen LogP contribution in [0.15, 0.2) is 0 Å². The highest BCUT2D eigenvalue weighted by atomic mass is 32.1. The van der Waals surface area contributed by atoms with E-state index in [0.29, 0.717) is 5.92 Å². The molecule has 10 heavy (non-hydrogen) atoms. The fraction of sp³-hybridized carbons (Fsp3) is 1.00. The minimum atomic E-state index is 0.191. The van der Waals surface area contributed by atoms with Gasteiger partial charge in [-0.1, -0.05) is 13.8 Å². The molecule has 0 amide bonds. The first-order chi connectivity index (χ1) is 4.67. The van der Waals surface area contributed by atoms with E-state index in [9.17, 15) is 0 Å². The molecule has 2 heteroatoms. The van der Waals surface area contributed by atoms with E-state index in [1.165, 1.54) is 6.42 Å². The predicted molar refractivity (Wildman–Crippen MR) is 46.6 cm³/mol. The molecule has 0 N–H and O–H groups in total. The van der Waals surface area contributed by atoms with Crippen LogP contribution in [0.2, 0.25) is 0 Å². The van der Waals surface area contributed by atoms with Crippen LogP contribution in [0.5, 0.6) is 0 Å². The van der Waals surface area contributed by atoms with E-state index in [1.807, 2.05) is 0 Å². The molecule has 1 fully saturated rings. The van der Waals surface area contributed by atoms with Gasteiger partial charge in [-0.2, -0.15) is 12.6 Å². The standard InChI is InChI=1S/C8H16OS/c1-3-8(2,10)7-4-5-9-6-7/h7,10H,3-6H2,1-2H3/t7-,8+/m0/s1. The van der Waals surface area contributed by atoms with Gasteiger partial charge in [0.15, 0.2) is 0 Å². The van der Waals surface area contributed by atoms with E-state index in [4.69, 9.17) is 4.74 Å². The average Bonchev–Trinajstić information content (AvgIpc) is 2.38. The van der Waals surface area contributed by atoms with Gasteiger partial charge < -0.3 is 4.74 Å². The van der Waals surface area contributed by atoms with Gasteiger partial charge in [-0.3, -0.25) is 0 Å². The molecule has 0 aromatic carbocycles. The Kier molecular flexibility index (Phi) is 2.64. The van der Waals surface area contributed by atoms with Gasteiger partial charge in [0, 0.05) is 11.4 Å². The number of hydrogen-bond acceptors (Lipinski definition) is 2. The Balaban J connectivity index is 2.45. The van der Waals surface area contributed by atoms with Crippen molar-refractivity contribution in [3.8, 4) is 0 Å². The molecule has 0 saturated carbocycles. The highest BCUT2D eigenvalue weighted by Gasteiger charge is 2.31. The average molecular weight is 160 g/mol. The molecular formula is C8H16OS. The van der Waals surface area contributed by atoms with Gasteiger partial charge in [-0.05, 0) is 18.8 Å². The van der Waals surface area contributed by atoms with E-state index in [0.717, 1.165) is 19.6 Å². The summed E-state index contributed by atoms with van der Waals surface area (Å²) in [6.07, 6.45) is 2.32. The van der Waals surface area contributed by atoms with Crippen molar-refractivity contribution in [2.24, 2.45) is 5.92 Å². The minimum Gasteiger partial charge on any atom is -0.381 e. The van der Waals surface area contributed by atoms with Crippen molar-refractivity contribution in [2.45, 2.75) is 31.4 Å².